The van der Waals surface area contributed by atoms with E-state index in [0.717, 1.165) is 21.6 Å². The van der Waals surface area contributed by atoms with E-state index in [0.29, 0.717) is 16.8 Å². The minimum atomic E-state index is -0.948. The number of hydrogen-bond donors (Lipinski definition) is 0. The summed E-state index contributed by atoms with van der Waals surface area (Å²) in [5, 5.41) is 0. The highest BCUT2D eigenvalue weighted by Crippen LogP contribution is 2.28. The van der Waals surface area contributed by atoms with Gasteiger partial charge in [0.05, 0.1) is 24.8 Å². The number of rotatable bonds is 6. The second kappa shape index (κ2) is 9.93. The third-order valence-electron chi connectivity index (χ3n) is 6.16. The maximum absolute atomic E-state index is 13.7. The molecule has 1 heterocycles. The summed E-state index contributed by atoms with van der Waals surface area (Å²) in [6, 6.07) is 20.0. The van der Waals surface area contributed by atoms with Crippen molar-refractivity contribution in [2.24, 2.45) is 0 Å². The van der Waals surface area contributed by atoms with Crippen LogP contribution in [0.4, 0.5) is 5.69 Å². The van der Waals surface area contributed by atoms with E-state index in [1.807, 2.05) is 50.2 Å². The second-order valence-corrected chi connectivity index (χ2v) is 8.56. The Kier molecular flexibility index (Phi) is 6.78. The Hall–Kier alpha value is -4.26. The van der Waals surface area contributed by atoms with Gasteiger partial charge in [0.25, 0.3) is 11.8 Å². The van der Waals surface area contributed by atoms with Crippen molar-refractivity contribution in [3.05, 3.63) is 101 Å². The monoisotopic (exact) mass is 470 g/mol. The third kappa shape index (κ3) is 4.84. The standard InChI is InChI=1S/C28H26N2O5/c1-18-8-10-20(11-9-18)17-29(26(32)23-7-5-4-6-19(23)2)24-16-25(31)30(27(24)33)22-14-12-21(13-15-22)28(34)35-3/h4-15,24H,16-17H2,1-3H3. The van der Waals surface area contributed by atoms with Gasteiger partial charge in [-0.3, -0.25) is 14.4 Å². The Morgan fingerprint density at radius 1 is 0.943 bits per heavy atom. The summed E-state index contributed by atoms with van der Waals surface area (Å²) in [6.45, 7) is 4.00. The molecule has 4 rings (SSSR count). The summed E-state index contributed by atoms with van der Waals surface area (Å²) in [7, 11) is 1.28. The molecule has 3 aromatic carbocycles. The van der Waals surface area contributed by atoms with Gasteiger partial charge in [-0.2, -0.15) is 0 Å². The van der Waals surface area contributed by atoms with Crippen LogP contribution in [-0.2, 0) is 20.9 Å². The zero-order valence-electron chi connectivity index (χ0n) is 19.9. The lowest BCUT2D eigenvalue weighted by Crippen LogP contribution is -2.45. The number of ether oxygens (including phenoxy) is 1. The number of nitrogens with zero attached hydrogens (tertiary/aromatic N) is 2. The molecule has 0 spiro atoms. The molecule has 1 aliphatic heterocycles. The first kappa shape index (κ1) is 23.9. The van der Waals surface area contributed by atoms with Gasteiger partial charge in [-0.25, -0.2) is 9.69 Å². The van der Waals surface area contributed by atoms with E-state index < -0.39 is 23.8 Å². The number of carbonyl (C=O) groups is 4. The van der Waals surface area contributed by atoms with Gasteiger partial charge < -0.3 is 9.64 Å². The summed E-state index contributed by atoms with van der Waals surface area (Å²) >= 11 is 0. The molecule has 35 heavy (non-hydrogen) atoms. The number of esters is 1. The quantitative estimate of drug-likeness (QED) is 0.401. The van der Waals surface area contributed by atoms with Gasteiger partial charge in [0.1, 0.15) is 6.04 Å². The summed E-state index contributed by atoms with van der Waals surface area (Å²) in [5.74, 6) is -1.70. The van der Waals surface area contributed by atoms with Crippen molar-refractivity contribution in [1.82, 2.24) is 4.90 Å². The topological polar surface area (TPSA) is 84.0 Å². The van der Waals surface area contributed by atoms with Crippen LogP contribution >= 0.6 is 0 Å². The Bertz CT molecular complexity index is 1280. The molecule has 1 saturated heterocycles. The molecule has 1 unspecified atom stereocenters. The van der Waals surface area contributed by atoms with Crippen LogP contribution in [0.25, 0.3) is 0 Å². The highest BCUT2D eigenvalue weighted by molar-refractivity contribution is 6.23. The molecule has 0 aromatic heterocycles. The number of amides is 3. The normalized spacial score (nSPS) is 15.3. The number of carbonyl (C=O) groups excluding carboxylic acids is 4. The first-order chi connectivity index (χ1) is 16.8. The first-order valence-electron chi connectivity index (χ1n) is 11.3. The van der Waals surface area contributed by atoms with Crippen molar-refractivity contribution >= 4 is 29.4 Å². The van der Waals surface area contributed by atoms with Gasteiger partial charge in [-0.1, -0.05) is 48.0 Å². The molecule has 0 bridgehead atoms. The maximum atomic E-state index is 13.7. The number of anilines is 1. The number of aryl methyl sites for hydroxylation is 2. The molecule has 0 N–H and O–H groups in total. The largest absolute Gasteiger partial charge is 0.465 e. The van der Waals surface area contributed by atoms with E-state index in [1.165, 1.54) is 36.3 Å². The van der Waals surface area contributed by atoms with E-state index in [4.69, 9.17) is 4.74 Å². The molecule has 0 saturated carbocycles. The van der Waals surface area contributed by atoms with Gasteiger partial charge in [0, 0.05) is 12.1 Å². The molecule has 3 aromatic rings. The molecule has 7 nitrogen and oxygen atoms in total. The van der Waals surface area contributed by atoms with E-state index in [-0.39, 0.29) is 18.9 Å². The predicted octanol–water partition coefficient (Wildman–Crippen LogP) is 4.06. The van der Waals surface area contributed by atoms with E-state index >= 15 is 0 Å². The van der Waals surface area contributed by atoms with Crippen LogP contribution in [0.15, 0.2) is 72.8 Å². The van der Waals surface area contributed by atoms with E-state index in [2.05, 4.69) is 0 Å². The van der Waals surface area contributed by atoms with Gasteiger partial charge in [-0.15, -0.1) is 0 Å². The summed E-state index contributed by atoms with van der Waals surface area (Å²) < 4.78 is 4.70. The van der Waals surface area contributed by atoms with Crippen LogP contribution in [-0.4, -0.2) is 41.7 Å². The zero-order chi connectivity index (χ0) is 25.1. The molecular weight excluding hydrogens is 444 g/mol. The van der Waals surface area contributed by atoms with Crippen molar-refractivity contribution in [1.29, 1.82) is 0 Å². The predicted molar refractivity (Wildman–Crippen MR) is 131 cm³/mol. The second-order valence-electron chi connectivity index (χ2n) is 8.56. The van der Waals surface area contributed by atoms with Crippen LogP contribution in [0.1, 0.15) is 43.8 Å². The van der Waals surface area contributed by atoms with Crippen molar-refractivity contribution in [3.8, 4) is 0 Å². The lowest BCUT2D eigenvalue weighted by atomic mass is 10.0. The summed E-state index contributed by atoms with van der Waals surface area (Å²) in [6.07, 6.45) is -0.124. The highest BCUT2D eigenvalue weighted by Gasteiger charge is 2.44. The minimum Gasteiger partial charge on any atom is -0.465 e. The number of hydrogen-bond acceptors (Lipinski definition) is 5. The Labute approximate surface area is 203 Å². The zero-order valence-corrected chi connectivity index (χ0v) is 19.9. The number of methoxy groups -OCH3 is 1. The Balaban J connectivity index is 1.67. The van der Waals surface area contributed by atoms with Crippen molar-refractivity contribution in [2.75, 3.05) is 12.0 Å². The SMILES string of the molecule is COC(=O)c1ccc(N2C(=O)CC(N(Cc3ccc(C)cc3)C(=O)c3ccccc3C)C2=O)cc1. The fourth-order valence-corrected chi connectivity index (χ4v) is 4.18. The van der Waals surface area contributed by atoms with Crippen molar-refractivity contribution in [2.45, 2.75) is 32.9 Å². The van der Waals surface area contributed by atoms with Gasteiger partial charge in [-0.05, 0) is 55.3 Å². The number of imide groups is 1. The first-order valence-corrected chi connectivity index (χ1v) is 11.3. The average Bonchev–Trinajstić information content (AvgIpc) is 3.16. The van der Waals surface area contributed by atoms with Crippen LogP contribution in [0.5, 0.6) is 0 Å². The summed E-state index contributed by atoms with van der Waals surface area (Å²) in [4.78, 5) is 54.5. The van der Waals surface area contributed by atoms with Gasteiger partial charge in [0.15, 0.2) is 0 Å². The molecule has 178 valence electrons. The van der Waals surface area contributed by atoms with E-state index in [9.17, 15) is 19.2 Å². The van der Waals surface area contributed by atoms with Crippen LogP contribution in [0.2, 0.25) is 0 Å². The fraction of sp³-hybridized carbons (Fsp3) is 0.214. The molecular formula is C28H26N2O5. The van der Waals surface area contributed by atoms with E-state index in [1.54, 1.807) is 12.1 Å². The van der Waals surface area contributed by atoms with Crippen LogP contribution in [0.3, 0.4) is 0 Å². The highest BCUT2D eigenvalue weighted by atomic mass is 16.5. The van der Waals surface area contributed by atoms with Crippen molar-refractivity contribution < 1.29 is 23.9 Å². The molecule has 0 radical (unpaired) electrons. The fourth-order valence-electron chi connectivity index (χ4n) is 4.18. The lowest BCUT2D eigenvalue weighted by Gasteiger charge is -2.28. The minimum absolute atomic E-state index is 0.124. The maximum Gasteiger partial charge on any atom is 0.337 e. The van der Waals surface area contributed by atoms with Gasteiger partial charge in [0.2, 0.25) is 5.91 Å². The molecule has 1 fully saturated rings. The number of benzene rings is 3. The average molecular weight is 471 g/mol. The Morgan fingerprint density at radius 3 is 2.23 bits per heavy atom. The summed E-state index contributed by atoms with van der Waals surface area (Å²) in [5.41, 5.74) is 3.87. The smallest absolute Gasteiger partial charge is 0.337 e. The molecule has 1 aliphatic rings. The van der Waals surface area contributed by atoms with Crippen LogP contribution in [0, 0.1) is 13.8 Å². The molecule has 0 aliphatic carbocycles. The molecule has 7 heteroatoms. The molecule has 3 amide bonds. The lowest BCUT2D eigenvalue weighted by molar-refractivity contribution is -0.122. The molecule has 1 atom stereocenters. The third-order valence-corrected chi connectivity index (χ3v) is 6.16. The van der Waals surface area contributed by atoms with Crippen LogP contribution < -0.4 is 4.90 Å². The van der Waals surface area contributed by atoms with Crippen molar-refractivity contribution in [3.63, 3.8) is 0 Å². The Morgan fingerprint density at radius 2 is 1.60 bits per heavy atom. The van der Waals surface area contributed by atoms with Gasteiger partial charge >= 0.3 is 5.97 Å².